The average molecular weight is 181 g/mol. The van der Waals surface area contributed by atoms with E-state index in [1.807, 2.05) is 0 Å². The van der Waals surface area contributed by atoms with Gasteiger partial charge in [-0.05, 0) is 13.8 Å². The van der Waals surface area contributed by atoms with Crippen LogP contribution in [0.5, 0.6) is 0 Å². The molecule has 0 unspecified atom stereocenters. The SMILES string of the molecule is Cc1nc(C)c(Cl)c(N)n1.[Na+]. The Kier molecular flexibility index (Phi) is 4.32. The van der Waals surface area contributed by atoms with E-state index in [2.05, 4.69) is 9.97 Å². The van der Waals surface area contributed by atoms with Crippen LogP contribution in [-0.4, -0.2) is 9.97 Å². The molecule has 0 aliphatic heterocycles. The number of anilines is 1. The number of aromatic nitrogens is 2. The molecular weight excluding hydrogens is 173 g/mol. The van der Waals surface area contributed by atoms with Crippen LogP contribution in [0.25, 0.3) is 0 Å². The number of rotatable bonds is 0. The molecule has 0 atom stereocenters. The Bertz CT molecular complexity index is 241. The van der Waals surface area contributed by atoms with Gasteiger partial charge in [0, 0.05) is 0 Å². The molecule has 0 spiro atoms. The minimum absolute atomic E-state index is 0. The first-order valence-electron chi connectivity index (χ1n) is 2.87. The van der Waals surface area contributed by atoms with Gasteiger partial charge in [-0.25, -0.2) is 9.97 Å². The normalized spacial score (nSPS) is 9.00. The average Bonchev–Trinajstić information content (AvgIpc) is 1.82. The zero-order valence-corrected chi connectivity index (χ0v) is 9.61. The number of hydrogen-bond acceptors (Lipinski definition) is 3. The molecule has 2 N–H and O–H groups in total. The molecule has 0 saturated carbocycles. The Morgan fingerprint density at radius 3 is 2.27 bits per heavy atom. The largest absolute Gasteiger partial charge is 1.00 e. The second kappa shape index (κ2) is 4.26. The van der Waals surface area contributed by atoms with Crippen molar-refractivity contribution >= 4 is 17.4 Å². The van der Waals surface area contributed by atoms with Gasteiger partial charge in [-0.15, -0.1) is 0 Å². The maximum Gasteiger partial charge on any atom is 1.00 e. The first kappa shape index (κ1) is 11.2. The van der Waals surface area contributed by atoms with E-state index in [-0.39, 0.29) is 29.6 Å². The summed E-state index contributed by atoms with van der Waals surface area (Å²) in [7, 11) is 0. The smallest absolute Gasteiger partial charge is 0.382 e. The number of halogens is 1. The predicted molar refractivity (Wildman–Crippen MR) is 40.9 cm³/mol. The summed E-state index contributed by atoms with van der Waals surface area (Å²) in [5.41, 5.74) is 6.17. The van der Waals surface area contributed by atoms with E-state index in [9.17, 15) is 0 Å². The van der Waals surface area contributed by atoms with E-state index < -0.39 is 0 Å². The molecular formula is C6H8ClN3Na+. The summed E-state index contributed by atoms with van der Waals surface area (Å²) >= 11 is 5.70. The summed E-state index contributed by atoms with van der Waals surface area (Å²) in [5.74, 6) is 1.01. The Labute approximate surface area is 92.7 Å². The van der Waals surface area contributed by atoms with Crippen molar-refractivity contribution in [2.45, 2.75) is 13.8 Å². The molecule has 5 heteroatoms. The van der Waals surface area contributed by atoms with Gasteiger partial charge >= 0.3 is 29.6 Å². The standard InChI is InChI=1S/C6H8ClN3.Na/c1-3-5(7)6(8)10-4(2)9-3;/h1-2H3,(H2,8,9,10);/q;+1. The zero-order valence-electron chi connectivity index (χ0n) is 6.85. The van der Waals surface area contributed by atoms with E-state index >= 15 is 0 Å². The zero-order chi connectivity index (χ0) is 7.72. The van der Waals surface area contributed by atoms with E-state index in [1.165, 1.54) is 0 Å². The van der Waals surface area contributed by atoms with E-state index in [0.717, 1.165) is 5.69 Å². The molecule has 0 radical (unpaired) electrons. The van der Waals surface area contributed by atoms with E-state index in [0.29, 0.717) is 16.7 Å². The second-order valence-electron chi connectivity index (χ2n) is 2.06. The van der Waals surface area contributed by atoms with Crippen molar-refractivity contribution in [2.75, 3.05) is 5.73 Å². The third kappa shape index (κ3) is 2.60. The van der Waals surface area contributed by atoms with Crippen LogP contribution in [0.2, 0.25) is 5.02 Å². The van der Waals surface area contributed by atoms with Crippen molar-refractivity contribution in [1.82, 2.24) is 9.97 Å². The van der Waals surface area contributed by atoms with Crippen LogP contribution in [0.3, 0.4) is 0 Å². The summed E-state index contributed by atoms with van der Waals surface area (Å²) in [6, 6.07) is 0. The minimum atomic E-state index is 0. The molecule has 0 aliphatic rings. The molecule has 0 aromatic carbocycles. The third-order valence-electron chi connectivity index (χ3n) is 1.15. The van der Waals surface area contributed by atoms with Crippen molar-refractivity contribution in [1.29, 1.82) is 0 Å². The molecule has 0 saturated heterocycles. The van der Waals surface area contributed by atoms with E-state index in [1.54, 1.807) is 13.8 Å². The van der Waals surface area contributed by atoms with Crippen LogP contribution in [0.1, 0.15) is 11.5 Å². The first-order chi connectivity index (χ1) is 4.61. The molecule has 0 aliphatic carbocycles. The van der Waals surface area contributed by atoms with Crippen molar-refractivity contribution in [3.8, 4) is 0 Å². The fraction of sp³-hybridized carbons (Fsp3) is 0.333. The summed E-state index contributed by atoms with van der Waals surface area (Å²) in [6.07, 6.45) is 0. The molecule has 54 valence electrons. The van der Waals surface area contributed by atoms with Gasteiger partial charge in [-0.2, -0.15) is 0 Å². The van der Waals surface area contributed by atoms with Crippen LogP contribution < -0.4 is 35.3 Å². The fourth-order valence-corrected chi connectivity index (χ4v) is 0.810. The quantitative estimate of drug-likeness (QED) is 0.486. The van der Waals surface area contributed by atoms with Gasteiger partial charge in [0.1, 0.15) is 16.7 Å². The molecule has 0 amide bonds. The molecule has 0 fully saturated rings. The van der Waals surface area contributed by atoms with Gasteiger partial charge in [-0.1, -0.05) is 11.6 Å². The fourth-order valence-electron chi connectivity index (χ4n) is 0.726. The number of nitrogens with two attached hydrogens (primary N) is 1. The summed E-state index contributed by atoms with van der Waals surface area (Å²) in [6.45, 7) is 3.58. The third-order valence-corrected chi connectivity index (χ3v) is 1.62. The minimum Gasteiger partial charge on any atom is -0.382 e. The van der Waals surface area contributed by atoms with Crippen LogP contribution in [-0.2, 0) is 0 Å². The van der Waals surface area contributed by atoms with Gasteiger partial charge in [0.25, 0.3) is 0 Å². The van der Waals surface area contributed by atoms with Crippen LogP contribution in [0, 0.1) is 13.8 Å². The topological polar surface area (TPSA) is 51.8 Å². The number of nitrogens with zero attached hydrogens (tertiary/aromatic N) is 2. The van der Waals surface area contributed by atoms with Crippen molar-refractivity contribution in [3.05, 3.63) is 16.5 Å². The van der Waals surface area contributed by atoms with Gasteiger partial charge in [0.05, 0.1) is 5.69 Å². The van der Waals surface area contributed by atoms with Crippen molar-refractivity contribution < 1.29 is 29.6 Å². The maximum absolute atomic E-state index is 5.70. The van der Waals surface area contributed by atoms with Crippen LogP contribution >= 0.6 is 11.6 Å². The molecule has 0 bridgehead atoms. The molecule has 3 nitrogen and oxygen atoms in total. The maximum atomic E-state index is 5.70. The second-order valence-corrected chi connectivity index (χ2v) is 2.43. The summed E-state index contributed by atoms with van der Waals surface area (Å²) in [4.78, 5) is 7.88. The van der Waals surface area contributed by atoms with Gasteiger partial charge in [-0.3, -0.25) is 0 Å². The van der Waals surface area contributed by atoms with Crippen molar-refractivity contribution in [2.24, 2.45) is 0 Å². The monoisotopic (exact) mass is 180 g/mol. The number of hydrogen-bond donors (Lipinski definition) is 1. The van der Waals surface area contributed by atoms with E-state index in [4.69, 9.17) is 17.3 Å². The Hall–Kier alpha value is 0.170. The van der Waals surface area contributed by atoms with Gasteiger partial charge in [0.15, 0.2) is 0 Å². The number of aryl methyl sites for hydroxylation is 2. The molecule has 1 aromatic rings. The van der Waals surface area contributed by atoms with Gasteiger partial charge < -0.3 is 5.73 Å². The Balaban J connectivity index is 0.000001000. The first-order valence-corrected chi connectivity index (χ1v) is 3.25. The van der Waals surface area contributed by atoms with Gasteiger partial charge in [0.2, 0.25) is 0 Å². The predicted octanol–water partition coefficient (Wildman–Crippen LogP) is -1.67. The Morgan fingerprint density at radius 1 is 1.27 bits per heavy atom. The molecule has 1 heterocycles. The van der Waals surface area contributed by atoms with Crippen LogP contribution in [0.15, 0.2) is 0 Å². The molecule has 1 aromatic heterocycles. The van der Waals surface area contributed by atoms with Crippen molar-refractivity contribution in [3.63, 3.8) is 0 Å². The summed E-state index contributed by atoms with van der Waals surface area (Å²) < 4.78 is 0. The Morgan fingerprint density at radius 2 is 1.82 bits per heavy atom. The summed E-state index contributed by atoms with van der Waals surface area (Å²) in [5, 5.41) is 0.450. The molecule has 1 rings (SSSR count). The number of nitrogen functional groups attached to an aromatic ring is 1. The molecule has 11 heavy (non-hydrogen) atoms. The van der Waals surface area contributed by atoms with Crippen LogP contribution in [0.4, 0.5) is 5.82 Å².